The minimum absolute atomic E-state index is 0.00954. The summed E-state index contributed by atoms with van der Waals surface area (Å²) in [5.74, 6) is -0.454. The number of fused-ring (bicyclic) bond motifs is 1. The molecule has 1 amide bonds. The fraction of sp³-hybridized carbons (Fsp3) is 0.500. The fourth-order valence-electron chi connectivity index (χ4n) is 1.70. The van der Waals surface area contributed by atoms with E-state index >= 15 is 0 Å². The first-order valence-corrected chi connectivity index (χ1v) is 4.75. The first-order valence-electron chi connectivity index (χ1n) is 4.75. The number of hydrogen-bond donors (Lipinski definition) is 1. The Bertz CT molecular complexity index is 441. The molecule has 16 heavy (non-hydrogen) atoms. The first-order chi connectivity index (χ1) is 7.65. The maximum Gasteiger partial charge on any atom is 0.320 e. The van der Waals surface area contributed by atoms with Gasteiger partial charge in [-0.05, 0) is 0 Å². The van der Waals surface area contributed by atoms with Gasteiger partial charge in [-0.25, -0.2) is 0 Å². The van der Waals surface area contributed by atoms with Crippen LogP contribution in [0.15, 0.2) is 6.20 Å². The Balaban J connectivity index is 2.38. The molecule has 0 saturated carbocycles. The second-order valence-electron chi connectivity index (χ2n) is 3.37. The average molecular weight is 226 g/mol. The Morgan fingerprint density at radius 2 is 2.31 bits per heavy atom. The van der Waals surface area contributed by atoms with Gasteiger partial charge in [0.1, 0.15) is 6.20 Å². The van der Waals surface area contributed by atoms with Crippen LogP contribution in [0, 0.1) is 10.1 Å². The van der Waals surface area contributed by atoms with Crippen LogP contribution in [-0.2, 0) is 6.54 Å². The molecule has 2 rings (SSSR count). The predicted octanol–water partition coefficient (Wildman–Crippen LogP) is -0.761. The number of carbonyl (C=O) groups is 1. The number of aromatic nitrogens is 2. The molecule has 2 heterocycles. The van der Waals surface area contributed by atoms with Crippen molar-refractivity contribution in [2.45, 2.75) is 6.54 Å². The third-order valence-electron chi connectivity index (χ3n) is 2.46. The van der Waals surface area contributed by atoms with Gasteiger partial charge in [0, 0.05) is 13.1 Å². The molecule has 0 radical (unpaired) electrons. The highest BCUT2D eigenvalue weighted by Gasteiger charge is 2.33. The number of nitro groups is 1. The molecule has 8 nitrogen and oxygen atoms in total. The molecule has 0 spiro atoms. The van der Waals surface area contributed by atoms with Gasteiger partial charge in [-0.2, -0.15) is 5.10 Å². The zero-order valence-electron chi connectivity index (χ0n) is 8.37. The van der Waals surface area contributed by atoms with Crippen LogP contribution in [0.25, 0.3) is 0 Å². The summed E-state index contributed by atoms with van der Waals surface area (Å²) in [6.07, 6.45) is 1.08. The Morgan fingerprint density at radius 3 is 2.94 bits per heavy atom. The third kappa shape index (κ3) is 1.52. The smallest absolute Gasteiger partial charge is 0.320 e. The van der Waals surface area contributed by atoms with Gasteiger partial charge in [0.05, 0.1) is 18.1 Å². The molecule has 1 N–H and O–H groups in total. The lowest BCUT2D eigenvalue weighted by Gasteiger charge is -2.26. The molecular formula is C8H10N4O4. The number of carbonyl (C=O) groups excluding carboxylic acids is 1. The van der Waals surface area contributed by atoms with Crippen molar-refractivity contribution in [3.05, 3.63) is 22.0 Å². The summed E-state index contributed by atoms with van der Waals surface area (Å²) in [7, 11) is 0. The van der Waals surface area contributed by atoms with Crippen LogP contribution in [-0.4, -0.2) is 50.3 Å². The molecule has 1 aliphatic rings. The van der Waals surface area contributed by atoms with E-state index in [0.717, 1.165) is 6.20 Å². The summed E-state index contributed by atoms with van der Waals surface area (Å²) in [6.45, 7) is 0.842. The van der Waals surface area contributed by atoms with Crippen molar-refractivity contribution < 1.29 is 14.8 Å². The maximum absolute atomic E-state index is 11.8. The first kappa shape index (κ1) is 10.6. The van der Waals surface area contributed by atoms with Gasteiger partial charge in [-0.1, -0.05) is 0 Å². The second kappa shape index (κ2) is 3.89. The standard InChI is InChI=1S/C8H10N4O4/c13-4-3-10-1-2-11-7(8(10)14)6(5-9-11)12(15)16/h5,13H,1-4H2. The lowest BCUT2D eigenvalue weighted by atomic mass is 10.2. The molecule has 0 aromatic carbocycles. The number of aliphatic hydroxyl groups is 1. The third-order valence-corrected chi connectivity index (χ3v) is 2.46. The Morgan fingerprint density at radius 1 is 1.56 bits per heavy atom. The van der Waals surface area contributed by atoms with E-state index < -0.39 is 10.8 Å². The summed E-state index contributed by atoms with van der Waals surface area (Å²) in [5.41, 5.74) is -0.294. The molecule has 0 bridgehead atoms. The van der Waals surface area contributed by atoms with E-state index in [9.17, 15) is 14.9 Å². The highest BCUT2D eigenvalue weighted by atomic mass is 16.6. The predicted molar refractivity (Wildman–Crippen MR) is 51.9 cm³/mol. The van der Waals surface area contributed by atoms with Gasteiger partial charge < -0.3 is 10.0 Å². The Hall–Kier alpha value is -1.96. The van der Waals surface area contributed by atoms with Crippen LogP contribution in [0.5, 0.6) is 0 Å². The lowest BCUT2D eigenvalue weighted by molar-refractivity contribution is -0.385. The minimum atomic E-state index is -0.626. The molecule has 0 fully saturated rings. The monoisotopic (exact) mass is 226 g/mol. The normalized spacial score (nSPS) is 15.1. The quantitative estimate of drug-likeness (QED) is 0.539. The molecule has 86 valence electrons. The van der Waals surface area contributed by atoms with Crippen molar-refractivity contribution in [1.82, 2.24) is 14.7 Å². The molecule has 0 unspecified atom stereocenters. The van der Waals surface area contributed by atoms with E-state index in [2.05, 4.69) is 5.10 Å². The van der Waals surface area contributed by atoms with Gasteiger partial charge in [0.2, 0.25) is 5.69 Å². The van der Waals surface area contributed by atoms with Crippen molar-refractivity contribution in [2.24, 2.45) is 0 Å². The summed E-state index contributed by atoms with van der Waals surface area (Å²) >= 11 is 0. The molecule has 1 aliphatic heterocycles. The van der Waals surface area contributed by atoms with Crippen LogP contribution in [0.4, 0.5) is 5.69 Å². The van der Waals surface area contributed by atoms with Crippen LogP contribution >= 0.6 is 0 Å². The van der Waals surface area contributed by atoms with Gasteiger partial charge in [-0.15, -0.1) is 0 Å². The molecule has 1 aromatic rings. The topological polar surface area (TPSA) is 102 Å². The Kier molecular flexibility index (Phi) is 2.57. The molecule has 0 atom stereocenters. The number of nitrogens with zero attached hydrogens (tertiary/aromatic N) is 4. The largest absolute Gasteiger partial charge is 0.395 e. The molecule has 8 heteroatoms. The highest BCUT2D eigenvalue weighted by Crippen LogP contribution is 2.22. The zero-order chi connectivity index (χ0) is 11.7. The fourth-order valence-corrected chi connectivity index (χ4v) is 1.70. The number of hydrogen-bond acceptors (Lipinski definition) is 5. The number of aliphatic hydroxyl groups excluding tert-OH is 1. The van der Waals surface area contributed by atoms with E-state index in [1.807, 2.05) is 0 Å². The van der Waals surface area contributed by atoms with Crippen molar-refractivity contribution in [3.8, 4) is 0 Å². The van der Waals surface area contributed by atoms with Crippen molar-refractivity contribution in [1.29, 1.82) is 0 Å². The van der Waals surface area contributed by atoms with Gasteiger partial charge in [-0.3, -0.25) is 19.6 Å². The van der Waals surface area contributed by atoms with Crippen LogP contribution in [0.3, 0.4) is 0 Å². The minimum Gasteiger partial charge on any atom is -0.395 e. The molecular weight excluding hydrogens is 216 g/mol. The van der Waals surface area contributed by atoms with E-state index in [4.69, 9.17) is 5.11 Å². The molecule has 0 saturated heterocycles. The summed E-state index contributed by atoms with van der Waals surface area (Å²) < 4.78 is 1.33. The summed E-state index contributed by atoms with van der Waals surface area (Å²) in [6, 6.07) is 0. The van der Waals surface area contributed by atoms with Crippen molar-refractivity contribution in [2.75, 3.05) is 19.7 Å². The Labute approximate surface area is 90.2 Å². The van der Waals surface area contributed by atoms with Crippen LogP contribution in [0.2, 0.25) is 0 Å². The van der Waals surface area contributed by atoms with E-state index in [1.165, 1.54) is 9.58 Å². The van der Waals surface area contributed by atoms with Crippen molar-refractivity contribution >= 4 is 11.6 Å². The van der Waals surface area contributed by atoms with E-state index in [0.29, 0.717) is 13.1 Å². The number of rotatable bonds is 3. The second-order valence-corrected chi connectivity index (χ2v) is 3.37. The van der Waals surface area contributed by atoms with Gasteiger partial charge in [0.15, 0.2) is 0 Å². The summed E-state index contributed by atoms with van der Waals surface area (Å²) in [4.78, 5) is 23.3. The lowest BCUT2D eigenvalue weighted by Crippen LogP contribution is -2.42. The summed E-state index contributed by atoms with van der Waals surface area (Å²) in [5, 5.41) is 23.2. The number of amides is 1. The van der Waals surface area contributed by atoms with E-state index in [-0.39, 0.29) is 24.5 Å². The van der Waals surface area contributed by atoms with E-state index in [1.54, 1.807) is 0 Å². The van der Waals surface area contributed by atoms with Gasteiger partial charge >= 0.3 is 5.69 Å². The number of β-amino-alcohol motifs (C(OH)–C–C–N with tert-alkyl or cyclic N) is 1. The zero-order valence-corrected chi connectivity index (χ0v) is 8.37. The van der Waals surface area contributed by atoms with Crippen LogP contribution < -0.4 is 0 Å². The average Bonchev–Trinajstić information content (AvgIpc) is 2.67. The van der Waals surface area contributed by atoms with Crippen molar-refractivity contribution in [3.63, 3.8) is 0 Å². The molecule has 0 aliphatic carbocycles. The SMILES string of the molecule is O=C1c2c([N+](=O)[O-])cnn2CCN1CCO. The highest BCUT2D eigenvalue weighted by molar-refractivity contribution is 5.96. The molecule has 1 aromatic heterocycles. The van der Waals surface area contributed by atoms with Crippen LogP contribution in [0.1, 0.15) is 10.5 Å². The van der Waals surface area contributed by atoms with Gasteiger partial charge in [0.25, 0.3) is 5.91 Å². The maximum atomic E-state index is 11.8.